The highest BCUT2D eigenvalue weighted by atomic mass is 19.4. The summed E-state index contributed by atoms with van der Waals surface area (Å²) in [5, 5.41) is 0. The number of nitrogens with zero attached hydrogens (tertiary/aromatic N) is 3. The van der Waals surface area contributed by atoms with Gasteiger partial charge in [0, 0.05) is 42.5 Å². The topological polar surface area (TPSA) is 46.1 Å². The van der Waals surface area contributed by atoms with Crippen molar-refractivity contribution < 1.29 is 22.4 Å². The Hall–Kier alpha value is -3.29. The number of carbonyl (C=O) groups is 1. The van der Waals surface area contributed by atoms with Crippen molar-refractivity contribution in [1.82, 2.24) is 14.9 Å². The van der Waals surface area contributed by atoms with Gasteiger partial charge in [-0.25, -0.2) is 4.39 Å². The molecule has 1 atom stereocenters. The average Bonchev–Trinajstić information content (AvgIpc) is 2.79. The average molecular weight is 429 g/mol. The summed E-state index contributed by atoms with van der Waals surface area (Å²) in [4.78, 5) is 23.2. The maximum atomic E-state index is 13.2. The molecule has 160 valence electrons. The summed E-state index contributed by atoms with van der Waals surface area (Å²) in [7, 11) is 0. The molecule has 0 aliphatic carbocycles. The van der Waals surface area contributed by atoms with Crippen molar-refractivity contribution in [1.29, 1.82) is 0 Å². The fourth-order valence-corrected chi connectivity index (χ4v) is 3.87. The number of piperidine rings is 1. The van der Waals surface area contributed by atoms with E-state index in [0.717, 1.165) is 25.0 Å². The first-order valence-electron chi connectivity index (χ1n) is 9.86. The van der Waals surface area contributed by atoms with Crippen LogP contribution < -0.4 is 0 Å². The lowest BCUT2D eigenvalue weighted by Crippen LogP contribution is -2.39. The van der Waals surface area contributed by atoms with E-state index in [9.17, 15) is 22.4 Å². The van der Waals surface area contributed by atoms with Gasteiger partial charge in [0.15, 0.2) is 0 Å². The van der Waals surface area contributed by atoms with Crippen LogP contribution >= 0.6 is 0 Å². The third-order valence-corrected chi connectivity index (χ3v) is 5.38. The normalized spacial score (nSPS) is 16.9. The van der Waals surface area contributed by atoms with E-state index in [0.29, 0.717) is 35.6 Å². The zero-order valence-corrected chi connectivity index (χ0v) is 16.4. The Kier molecular flexibility index (Phi) is 5.71. The molecule has 1 amide bonds. The minimum Gasteiger partial charge on any atom is -0.338 e. The number of alkyl halides is 3. The molecule has 2 heterocycles. The van der Waals surface area contributed by atoms with Gasteiger partial charge in [-0.3, -0.25) is 14.8 Å². The van der Waals surface area contributed by atoms with Crippen LogP contribution in [0.5, 0.6) is 0 Å². The Morgan fingerprint density at radius 1 is 1.03 bits per heavy atom. The molecule has 4 nitrogen and oxygen atoms in total. The van der Waals surface area contributed by atoms with Crippen LogP contribution in [0.4, 0.5) is 17.6 Å². The second kappa shape index (κ2) is 8.45. The quantitative estimate of drug-likeness (QED) is 0.530. The third-order valence-electron chi connectivity index (χ3n) is 5.38. The van der Waals surface area contributed by atoms with Gasteiger partial charge in [0.1, 0.15) is 5.82 Å². The first-order chi connectivity index (χ1) is 14.8. The second-order valence-corrected chi connectivity index (χ2v) is 7.47. The minimum atomic E-state index is -4.46. The summed E-state index contributed by atoms with van der Waals surface area (Å²) in [5.74, 6) is -0.802. The molecule has 1 fully saturated rings. The molecule has 0 spiro atoms. The van der Waals surface area contributed by atoms with E-state index >= 15 is 0 Å². The van der Waals surface area contributed by atoms with Crippen molar-refractivity contribution in [2.75, 3.05) is 13.1 Å². The summed E-state index contributed by atoms with van der Waals surface area (Å²) < 4.78 is 52.7. The molecule has 0 unspecified atom stereocenters. The van der Waals surface area contributed by atoms with Gasteiger partial charge in [-0.15, -0.1) is 0 Å². The van der Waals surface area contributed by atoms with E-state index < -0.39 is 17.6 Å². The summed E-state index contributed by atoms with van der Waals surface area (Å²) in [6, 6.07) is 10.4. The number of halogens is 4. The van der Waals surface area contributed by atoms with Crippen LogP contribution in [0.1, 0.15) is 40.4 Å². The molecular formula is C23H19F4N3O. The summed E-state index contributed by atoms with van der Waals surface area (Å²) in [5.41, 5.74) is 0.922. The van der Waals surface area contributed by atoms with E-state index in [1.54, 1.807) is 11.0 Å². The molecule has 31 heavy (non-hydrogen) atoms. The van der Waals surface area contributed by atoms with E-state index in [1.807, 2.05) is 0 Å². The SMILES string of the molecule is O=C(c1ccc(F)cc1)N1CCC[C@H](c2nccnc2-c2cccc(C(F)(F)F)c2)C1. The number of hydrogen-bond acceptors (Lipinski definition) is 3. The van der Waals surface area contributed by atoms with Crippen molar-refractivity contribution in [2.24, 2.45) is 0 Å². The number of hydrogen-bond donors (Lipinski definition) is 0. The standard InChI is InChI=1S/C23H19F4N3O/c24-19-8-6-15(7-9-19)22(31)30-12-2-4-17(14-30)21-20(28-10-11-29-21)16-3-1-5-18(13-16)23(25,26)27/h1,3,5-11,13,17H,2,4,12,14H2/t17-/m0/s1. The molecule has 1 saturated heterocycles. The van der Waals surface area contributed by atoms with Gasteiger partial charge >= 0.3 is 6.18 Å². The molecule has 0 N–H and O–H groups in total. The number of benzene rings is 2. The molecule has 1 aliphatic heterocycles. The molecule has 4 rings (SSSR count). The Morgan fingerprint density at radius 2 is 1.77 bits per heavy atom. The van der Waals surface area contributed by atoms with Crippen LogP contribution in [0.3, 0.4) is 0 Å². The van der Waals surface area contributed by atoms with E-state index in [-0.39, 0.29) is 11.8 Å². The van der Waals surface area contributed by atoms with Gasteiger partial charge in [-0.2, -0.15) is 13.2 Å². The fraction of sp³-hybridized carbons (Fsp3) is 0.261. The second-order valence-electron chi connectivity index (χ2n) is 7.47. The summed E-state index contributed by atoms with van der Waals surface area (Å²) >= 11 is 0. The third kappa shape index (κ3) is 4.57. The Morgan fingerprint density at radius 3 is 2.52 bits per heavy atom. The highest BCUT2D eigenvalue weighted by Gasteiger charge is 2.32. The molecule has 0 saturated carbocycles. The van der Waals surface area contributed by atoms with Crippen molar-refractivity contribution >= 4 is 5.91 Å². The minimum absolute atomic E-state index is 0.170. The first kappa shape index (κ1) is 21.0. The largest absolute Gasteiger partial charge is 0.416 e. The van der Waals surface area contributed by atoms with Crippen molar-refractivity contribution in [3.05, 3.63) is 83.6 Å². The van der Waals surface area contributed by atoms with Gasteiger partial charge in [0.2, 0.25) is 0 Å². The zero-order valence-electron chi connectivity index (χ0n) is 16.4. The van der Waals surface area contributed by atoms with Crippen LogP contribution in [0, 0.1) is 5.82 Å². The van der Waals surface area contributed by atoms with Gasteiger partial charge in [0.05, 0.1) is 17.0 Å². The zero-order chi connectivity index (χ0) is 22.0. The maximum Gasteiger partial charge on any atom is 0.416 e. The molecule has 3 aromatic rings. The van der Waals surface area contributed by atoms with Gasteiger partial charge < -0.3 is 4.90 Å². The number of aromatic nitrogens is 2. The summed E-state index contributed by atoms with van der Waals surface area (Å²) in [6.45, 7) is 0.909. The fourth-order valence-electron chi connectivity index (χ4n) is 3.87. The number of likely N-dealkylation sites (tertiary alicyclic amines) is 1. The van der Waals surface area contributed by atoms with Crippen LogP contribution in [0.15, 0.2) is 60.9 Å². The van der Waals surface area contributed by atoms with E-state index in [1.165, 1.54) is 42.7 Å². The predicted molar refractivity (Wildman–Crippen MR) is 107 cm³/mol. The van der Waals surface area contributed by atoms with Gasteiger partial charge in [0.25, 0.3) is 5.91 Å². The van der Waals surface area contributed by atoms with Gasteiger partial charge in [-0.05, 0) is 49.2 Å². The summed E-state index contributed by atoms with van der Waals surface area (Å²) in [6.07, 6.45) is -0.0494. The molecule has 0 radical (unpaired) electrons. The molecule has 1 aromatic heterocycles. The van der Waals surface area contributed by atoms with Crippen LogP contribution in [0.2, 0.25) is 0 Å². The maximum absolute atomic E-state index is 13.2. The van der Waals surface area contributed by atoms with Crippen molar-refractivity contribution in [3.8, 4) is 11.3 Å². The highest BCUT2D eigenvalue weighted by Crippen LogP contribution is 2.35. The monoisotopic (exact) mass is 429 g/mol. The highest BCUT2D eigenvalue weighted by molar-refractivity contribution is 5.94. The van der Waals surface area contributed by atoms with Crippen molar-refractivity contribution in [2.45, 2.75) is 24.9 Å². The number of rotatable bonds is 3. The van der Waals surface area contributed by atoms with Crippen LogP contribution in [0.25, 0.3) is 11.3 Å². The molecule has 0 bridgehead atoms. The molecule has 2 aromatic carbocycles. The van der Waals surface area contributed by atoms with Crippen LogP contribution in [-0.2, 0) is 6.18 Å². The number of carbonyl (C=O) groups excluding carboxylic acids is 1. The van der Waals surface area contributed by atoms with Crippen LogP contribution in [-0.4, -0.2) is 33.9 Å². The lowest BCUT2D eigenvalue weighted by atomic mass is 9.90. The predicted octanol–water partition coefficient (Wildman–Crippen LogP) is 5.32. The Labute approximate surface area is 176 Å². The smallest absolute Gasteiger partial charge is 0.338 e. The molecular weight excluding hydrogens is 410 g/mol. The number of amides is 1. The van der Waals surface area contributed by atoms with E-state index in [4.69, 9.17) is 0 Å². The van der Waals surface area contributed by atoms with Crippen molar-refractivity contribution in [3.63, 3.8) is 0 Å². The molecule has 8 heteroatoms. The van der Waals surface area contributed by atoms with E-state index in [2.05, 4.69) is 9.97 Å². The van der Waals surface area contributed by atoms with Gasteiger partial charge in [-0.1, -0.05) is 12.1 Å². The Balaban J connectivity index is 1.62. The first-order valence-corrected chi connectivity index (χ1v) is 9.86. The Bertz CT molecular complexity index is 1080. The lowest BCUT2D eigenvalue weighted by Gasteiger charge is -2.33. The lowest BCUT2D eigenvalue weighted by molar-refractivity contribution is -0.137. The molecule has 1 aliphatic rings.